The molecule has 0 saturated carbocycles. The predicted octanol–water partition coefficient (Wildman–Crippen LogP) is 5.23. The summed E-state index contributed by atoms with van der Waals surface area (Å²) in [6, 6.07) is 5.61. The quantitative estimate of drug-likeness (QED) is 0.460. The Morgan fingerprint density at radius 3 is 2.52 bits per heavy atom. The minimum atomic E-state index is -0.286. The number of rotatable bonds is 4. The van der Waals surface area contributed by atoms with Crippen molar-refractivity contribution < 1.29 is 9.53 Å². The van der Waals surface area contributed by atoms with Crippen molar-refractivity contribution in [2.24, 2.45) is 0 Å². The molecule has 1 aliphatic carbocycles. The highest BCUT2D eigenvalue weighted by molar-refractivity contribution is 7.80. The first-order chi connectivity index (χ1) is 15.0. The van der Waals surface area contributed by atoms with Gasteiger partial charge in [0.1, 0.15) is 5.00 Å². The number of thiophene rings is 1. The fraction of sp³-hybridized carbons (Fsp3) is 0.455. The van der Waals surface area contributed by atoms with Crippen LogP contribution in [-0.4, -0.2) is 54.2 Å². The Labute approximate surface area is 202 Å². The Balaban J connectivity index is 1.40. The highest BCUT2D eigenvalue weighted by Crippen LogP contribution is 2.38. The van der Waals surface area contributed by atoms with Gasteiger partial charge in [0.05, 0.1) is 12.7 Å². The van der Waals surface area contributed by atoms with E-state index in [0.717, 1.165) is 74.5 Å². The highest BCUT2D eigenvalue weighted by Gasteiger charge is 2.28. The van der Waals surface area contributed by atoms with E-state index in [1.54, 1.807) is 11.3 Å². The van der Waals surface area contributed by atoms with Gasteiger partial charge in [0.2, 0.25) is 0 Å². The molecule has 0 bridgehead atoms. The molecular weight excluding hydrogens is 473 g/mol. The molecule has 9 heteroatoms. The number of anilines is 1. The number of thiocarbonyl (C=S) groups is 1. The second-order valence-corrected chi connectivity index (χ2v) is 10.1. The van der Waals surface area contributed by atoms with Gasteiger partial charge in [-0.05, 0) is 55.6 Å². The second kappa shape index (κ2) is 10.0. The molecule has 31 heavy (non-hydrogen) atoms. The predicted molar refractivity (Wildman–Crippen MR) is 132 cm³/mol. The van der Waals surface area contributed by atoms with Gasteiger partial charge in [0, 0.05) is 53.2 Å². The third-order valence-corrected chi connectivity index (χ3v) is 8.16. The van der Waals surface area contributed by atoms with E-state index in [1.165, 1.54) is 12.0 Å². The van der Waals surface area contributed by atoms with Gasteiger partial charge in [0.15, 0.2) is 5.11 Å². The molecule has 5 nitrogen and oxygen atoms in total. The summed E-state index contributed by atoms with van der Waals surface area (Å²) in [6.07, 6.45) is 4.21. The highest BCUT2D eigenvalue weighted by atomic mass is 35.5. The van der Waals surface area contributed by atoms with E-state index >= 15 is 0 Å². The minimum Gasteiger partial charge on any atom is -0.465 e. The number of benzene rings is 1. The molecule has 2 heterocycles. The molecule has 0 atom stereocenters. The first kappa shape index (κ1) is 22.8. The van der Waals surface area contributed by atoms with Crippen LogP contribution in [0, 0.1) is 0 Å². The van der Waals surface area contributed by atoms with E-state index in [1.807, 2.05) is 18.2 Å². The Kier molecular flexibility index (Phi) is 7.39. The number of hydrogen-bond donors (Lipinski definition) is 1. The molecule has 0 unspecified atom stereocenters. The molecule has 1 aromatic carbocycles. The van der Waals surface area contributed by atoms with Crippen LogP contribution in [-0.2, 0) is 24.1 Å². The normalized spacial score (nSPS) is 16.7. The number of piperazine rings is 1. The van der Waals surface area contributed by atoms with Gasteiger partial charge in [-0.1, -0.05) is 29.3 Å². The van der Waals surface area contributed by atoms with Gasteiger partial charge in [-0.3, -0.25) is 4.90 Å². The molecule has 1 fully saturated rings. The molecule has 1 aromatic heterocycles. The van der Waals surface area contributed by atoms with Gasteiger partial charge in [-0.25, -0.2) is 4.79 Å². The third-order valence-electron chi connectivity index (χ3n) is 5.88. The number of fused-ring (bicyclic) bond motifs is 1. The molecule has 1 saturated heterocycles. The first-order valence-corrected chi connectivity index (χ1v) is 12.4. The van der Waals surface area contributed by atoms with Crippen LogP contribution in [0.15, 0.2) is 18.2 Å². The number of aryl methyl sites for hydroxylation is 1. The van der Waals surface area contributed by atoms with E-state index < -0.39 is 0 Å². The van der Waals surface area contributed by atoms with Gasteiger partial charge in [-0.2, -0.15) is 0 Å². The maximum Gasteiger partial charge on any atom is 0.341 e. The average molecular weight is 499 g/mol. The Morgan fingerprint density at radius 2 is 1.84 bits per heavy atom. The SMILES string of the molecule is COC(=O)c1c(NC(=S)N2CCN(Cc3c(Cl)cccc3Cl)CC2)sc2c1CCCC2. The molecule has 2 aromatic rings. The maximum atomic E-state index is 12.5. The van der Waals surface area contributed by atoms with Crippen molar-refractivity contribution >= 4 is 62.8 Å². The van der Waals surface area contributed by atoms with Crippen LogP contribution in [0.25, 0.3) is 0 Å². The Morgan fingerprint density at radius 1 is 1.16 bits per heavy atom. The molecule has 0 amide bonds. The van der Waals surface area contributed by atoms with Gasteiger partial charge in [0.25, 0.3) is 0 Å². The van der Waals surface area contributed by atoms with E-state index in [-0.39, 0.29) is 5.97 Å². The second-order valence-electron chi connectivity index (χ2n) is 7.80. The Bertz CT molecular complexity index is 967. The number of halogens is 2. The lowest BCUT2D eigenvalue weighted by atomic mass is 9.95. The van der Waals surface area contributed by atoms with Crippen LogP contribution in [0.3, 0.4) is 0 Å². The summed E-state index contributed by atoms with van der Waals surface area (Å²) in [5.41, 5.74) is 2.76. The first-order valence-electron chi connectivity index (χ1n) is 10.4. The number of carbonyl (C=O) groups excluding carboxylic acids is 1. The number of esters is 1. The largest absolute Gasteiger partial charge is 0.465 e. The molecule has 0 spiro atoms. The van der Waals surface area contributed by atoms with Crippen molar-refractivity contribution in [3.63, 3.8) is 0 Å². The summed E-state index contributed by atoms with van der Waals surface area (Å²) in [7, 11) is 1.43. The third kappa shape index (κ3) is 5.01. The van der Waals surface area contributed by atoms with Crippen molar-refractivity contribution in [2.75, 3.05) is 38.6 Å². The van der Waals surface area contributed by atoms with Crippen LogP contribution in [0.5, 0.6) is 0 Å². The topological polar surface area (TPSA) is 44.8 Å². The summed E-state index contributed by atoms with van der Waals surface area (Å²) in [5, 5.41) is 6.21. The zero-order valence-electron chi connectivity index (χ0n) is 17.4. The molecule has 4 rings (SSSR count). The molecule has 0 radical (unpaired) electrons. The summed E-state index contributed by atoms with van der Waals surface area (Å²) < 4.78 is 5.06. The van der Waals surface area contributed by atoms with Crippen molar-refractivity contribution in [1.82, 2.24) is 9.80 Å². The van der Waals surface area contributed by atoms with Gasteiger partial charge < -0.3 is 15.0 Å². The average Bonchev–Trinajstić information content (AvgIpc) is 3.14. The fourth-order valence-electron chi connectivity index (χ4n) is 4.16. The fourth-order valence-corrected chi connectivity index (χ4v) is 6.31. The van der Waals surface area contributed by atoms with E-state index in [0.29, 0.717) is 20.7 Å². The van der Waals surface area contributed by atoms with Crippen molar-refractivity contribution in [2.45, 2.75) is 32.2 Å². The van der Waals surface area contributed by atoms with E-state index in [2.05, 4.69) is 15.1 Å². The monoisotopic (exact) mass is 497 g/mol. The van der Waals surface area contributed by atoms with E-state index in [9.17, 15) is 4.79 Å². The van der Waals surface area contributed by atoms with Crippen molar-refractivity contribution in [3.05, 3.63) is 49.8 Å². The lowest BCUT2D eigenvalue weighted by Gasteiger charge is -2.36. The molecule has 166 valence electrons. The number of nitrogens with one attached hydrogen (secondary N) is 1. The standard InChI is InChI=1S/C22H25Cl2N3O2S2/c1-29-21(28)19-14-5-2-3-8-18(14)31-20(19)25-22(30)27-11-9-26(10-12-27)13-15-16(23)6-4-7-17(15)24/h4,6-7H,2-3,5,8-13H2,1H3,(H,25,30). The van der Waals surface area contributed by atoms with Crippen LogP contribution in [0.4, 0.5) is 5.00 Å². The van der Waals surface area contributed by atoms with Gasteiger partial charge >= 0.3 is 5.97 Å². The van der Waals surface area contributed by atoms with E-state index in [4.69, 9.17) is 40.2 Å². The lowest BCUT2D eigenvalue weighted by Crippen LogP contribution is -2.49. The molecule has 2 aliphatic rings. The number of nitrogens with zero attached hydrogens (tertiary/aromatic N) is 2. The van der Waals surface area contributed by atoms with Crippen LogP contribution >= 0.6 is 46.8 Å². The smallest absolute Gasteiger partial charge is 0.341 e. The van der Waals surface area contributed by atoms with Crippen LogP contribution < -0.4 is 5.32 Å². The summed E-state index contributed by atoms with van der Waals surface area (Å²) in [5.74, 6) is -0.286. The summed E-state index contributed by atoms with van der Waals surface area (Å²) >= 11 is 20.0. The zero-order valence-corrected chi connectivity index (χ0v) is 20.5. The molecule has 1 aliphatic heterocycles. The van der Waals surface area contributed by atoms with Crippen molar-refractivity contribution in [3.8, 4) is 0 Å². The van der Waals surface area contributed by atoms with Crippen LogP contribution in [0.1, 0.15) is 39.2 Å². The summed E-state index contributed by atoms with van der Waals surface area (Å²) in [4.78, 5) is 18.2. The lowest BCUT2D eigenvalue weighted by molar-refractivity contribution is 0.0601. The maximum absolute atomic E-state index is 12.5. The van der Waals surface area contributed by atoms with Crippen LogP contribution in [0.2, 0.25) is 10.0 Å². The number of hydrogen-bond acceptors (Lipinski definition) is 5. The Hall–Kier alpha value is -1.38. The molecular formula is C22H25Cl2N3O2S2. The van der Waals surface area contributed by atoms with Crippen molar-refractivity contribution in [1.29, 1.82) is 0 Å². The minimum absolute atomic E-state index is 0.286. The number of ether oxygens (including phenoxy) is 1. The van der Waals surface area contributed by atoms with Gasteiger partial charge in [-0.15, -0.1) is 11.3 Å². The summed E-state index contributed by atoms with van der Waals surface area (Å²) in [6.45, 7) is 4.03. The number of methoxy groups -OCH3 is 1. The number of carbonyl (C=O) groups is 1. The zero-order chi connectivity index (χ0) is 22.0. The molecule has 1 N–H and O–H groups in total.